The van der Waals surface area contributed by atoms with Gasteiger partial charge in [0.2, 0.25) is 0 Å². The van der Waals surface area contributed by atoms with Crippen molar-refractivity contribution >= 4 is 34.2 Å². The van der Waals surface area contributed by atoms with Crippen LogP contribution in [0.5, 0.6) is 0 Å². The second-order valence-corrected chi connectivity index (χ2v) is 8.68. The number of nitrogens with one attached hydrogen (secondary N) is 1. The van der Waals surface area contributed by atoms with E-state index in [9.17, 15) is 53.9 Å². The molecule has 16 heteroatoms. The summed E-state index contributed by atoms with van der Waals surface area (Å²) in [5, 5.41) is 0.00439. The molecule has 0 aliphatic rings. The zero-order valence-corrected chi connectivity index (χ0v) is 18.9. The van der Waals surface area contributed by atoms with Crippen LogP contribution >= 0.6 is 11.3 Å². The summed E-state index contributed by atoms with van der Waals surface area (Å²) >= 11 is 0.0619. The van der Waals surface area contributed by atoms with Gasteiger partial charge in [0.15, 0.2) is 0 Å². The molecule has 1 N–H and O–H groups in total. The van der Waals surface area contributed by atoms with E-state index in [-0.39, 0.29) is 23.5 Å². The van der Waals surface area contributed by atoms with Gasteiger partial charge in [0.25, 0.3) is 0 Å². The zero-order valence-electron chi connectivity index (χ0n) is 18.1. The topological polar surface area (TPSA) is 81.7 Å². The minimum atomic E-state index is -7.29. The Kier molecular flexibility index (Phi) is 8.04. The molecular weight excluding hydrogens is 513 g/mol. The second kappa shape index (κ2) is 9.26. The number of anilines is 1. The molecule has 194 valence electrons. The van der Waals surface area contributed by atoms with Crippen molar-refractivity contribution in [1.29, 1.82) is 0 Å². The van der Waals surface area contributed by atoms with Gasteiger partial charge in [0.1, 0.15) is 15.5 Å². The minimum absolute atomic E-state index is 0.0619. The average Bonchev–Trinajstić information content (AvgIpc) is 2.95. The highest BCUT2D eigenvalue weighted by atomic mass is 32.1. The van der Waals surface area contributed by atoms with Crippen LogP contribution in [0.15, 0.2) is 0 Å². The van der Waals surface area contributed by atoms with Crippen LogP contribution in [0.1, 0.15) is 53.3 Å². The van der Waals surface area contributed by atoms with Crippen LogP contribution in [0, 0.1) is 6.92 Å². The highest BCUT2D eigenvalue weighted by Gasteiger charge is 2.83. The van der Waals surface area contributed by atoms with Crippen LogP contribution in [0.3, 0.4) is 0 Å². The second-order valence-electron chi connectivity index (χ2n) is 7.66. The normalized spacial score (nSPS) is 13.5. The molecule has 0 bridgehead atoms. The van der Waals surface area contributed by atoms with Crippen LogP contribution in [-0.4, -0.2) is 54.0 Å². The number of carbonyl (C=O) groups is 3. The third-order valence-electron chi connectivity index (χ3n) is 3.87. The molecule has 1 aromatic heterocycles. The molecule has 1 amide bonds. The fourth-order valence-electron chi connectivity index (χ4n) is 2.27. The maximum absolute atomic E-state index is 13.9. The predicted molar refractivity (Wildman–Crippen MR) is 99.7 cm³/mol. The fourth-order valence-corrected chi connectivity index (χ4v) is 3.34. The van der Waals surface area contributed by atoms with Crippen molar-refractivity contribution in [3.63, 3.8) is 0 Å². The van der Waals surface area contributed by atoms with Gasteiger partial charge in [-0.15, -0.1) is 11.3 Å². The van der Waals surface area contributed by atoms with E-state index in [4.69, 9.17) is 4.74 Å². The molecule has 1 heterocycles. The van der Waals surface area contributed by atoms with E-state index < -0.39 is 62.8 Å². The van der Waals surface area contributed by atoms with E-state index in [0.29, 0.717) is 0 Å². The summed E-state index contributed by atoms with van der Waals surface area (Å²) in [5.41, 5.74) is -2.20. The summed E-state index contributed by atoms with van der Waals surface area (Å²) in [7, 11) is 0. The standard InChI is InChI=1S/C18H18F9NO5S/c1-6-32-11(29)8-7(2)9(12(30)33-14(3,4)5)34-10(8)28-13(31)15(19,20)16(21,22)17(23,24)18(25,26)27/h6H2,1-5H3,(H,28,31). The van der Waals surface area contributed by atoms with Gasteiger partial charge in [-0.05, 0) is 40.2 Å². The highest BCUT2D eigenvalue weighted by molar-refractivity contribution is 7.18. The van der Waals surface area contributed by atoms with Gasteiger partial charge in [-0.25, -0.2) is 9.59 Å². The number of thiophene rings is 1. The number of carbonyl (C=O) groups excluding carboxylic acids is 3. The Labute approximate surface area is 190 Å². The SMILES string of the molecule is CCOC(=O)c1c(NC(=O)C(F)(F)C(F)(F)C(F)(F)C(F)(F)F)sc(C(=O)OC(C)(C)C)c1C. The molecule has 1 aromatic rings. The maximum atomic E-state index is 13.9. The van der Waals surface area contributed by atoms with Crippen LogP contribution in [-0.2, 0) is 14.3 Å². The Balaban J connectivity index is 3.53. The van der Waals surface area contributed by atoms with E-state index >= 15 is 0 Å². The van der Waals surface area contributed by atoms with Crippen molar-refractivity contribution in [2.75, 3.05) is 11.9 Å². The Hall–Kier alpha value is -2.52. The molecule has 34 heavy (non-hydrogen) atoms. The lowest BCUT2D eigenvalue weighted by atomic mass is 10.0. The first-order chi connectivity index (χ1) is 15.0. The Morgan fingerprint density at radius 3 is 1.79 bits per heavy atom. The van der Waals surface area contributed by atoms with Crippen molar-refractivity contribution in [3.8, 4) is 0 Å². The van der Waals surface area contributed by atoms with E-state index in [1.54, 1.807) is 0 Å². The van der Waals surface area contributed by atoms with E-state index in [1.165, 1.54) is 27.7 Å². The molecule has 0 unspecified atom stereocenters. The van der Waals surface area contributed by atoms with Crippen LogP contribution in [0.4, 0.5) is 44.5 Å². The average molecular weight is 531 g/mol. The maximum Gasteiger partial charge on any atom is 0.460 e. The summed E-state index contributed by atoms with van der Waals surface area (Å²) < 4.78 is 128. The Morgan fingerprint density at radius 2 is 1.38 bits per heavy atom. The number of esters is 2. The molecule has 0 saturated carbocycles. The Bertz CT molecular complexity index is 964. The van der Waals surface area contributed by atoms with E-state index in [2.05, 4.69) is 4.74 Å². The number of ether oxygens (including phenoxy) is 2. The smallest absolute Gasteiger partial charge is 0.460 e. The molecule has 0 fully saturated rings. The molecule has 1 rings (SSSR count). The lowest BCUT2D eigenvalue weighted by Crippen LogP contribution is -2.64. The van der Waals surface area contributed by atoms with E-state index in [1.807, 2.05) is 0 Å². The molecule has 0 saturated heterocycles. The number of halogens is 9. The van der Waals surface area contributed by atoms with Crippen molar-refractivity contribution in [2.45, 2.75) is 64.2 Å². The zero-order chi connectivity index (χ0) is 27.1. The van der Waals surface area contributed by atoms with Gasteiger partial charge in [0.05, 0.1) is 12.2 Å². The lowest BCUT2D eigenvalue weighted by molar-refractivity contribution is -0.388. The number of hydrogen-bond donors (Lipinski definition) is 1. The quantitative estimate of drug-likeness (QED) is 0.366. The van der Waals surface area contributed by atoms with Gasteiger partial charge in [0, 0.05) is 0 Å². The van der Waals surface area contributed by atoms with Gasteiger partial charge >= 0.3 is 41.8 Å². The summed E-state index contributed by atoms with van der Waals surface area (Å²) in [5.74, 6) is -26.9. The first-order valence-corrected chi connectivity index (χ1v) is 9.90. The number of hydrogen-bond acceptors (Lipinski definition) is 6. The van der Waals surface area contributed by atoms with Crippen molar-refractivity contribution < 1.29 is 63.4 Å². The molecule has 0 radical (unpaired) electrons. The molecule has 0 spiro atoms. The van der Waals surface area contributed by atoms with Gasteiger partial charge in [-0.2, -0.15) is 39.5 Å². The largest absolute Gasteiger partial charge is 0.462 e. The highest BCUT2D eigenvalue weighted by Crippen LogP contribution is 2.53. The fraction of sp³-hybridized carbons (Fsp3) is 0.611. The Morgan fingerprint density at radius 1 is 0.882 bits per heavy atom. The third-order valence-corrected chi connectivity index (χ3v) is 5.05. The monoisotopic (exact) mass is 531 g/mol. The molecule has 0 aliphatic heterocycles. The number of alkyl halides is 9. The number of amides is 1. The molecule has 0 atom stereocenters. The lowest BCUT2D eigenvalue weighted by Gasteiger charge is -2.32. The number of rotatable bonds is 7. The van der Waals surface area contributed by atoms with Crippen LogP contribution < -0.4 is 5.32 Å². The first kappa shape index (κ1) is 29.5. The third kappa shape index (κ3) is 5.41. The van der Waals surface area contributed by atoms with Gasteiger partial charge < -0.3 is 14.8 Å². The van der Waals surface area contributed by atoms with Crippen LogP contribution in [0.25, 0.3) is 0 Å². The summed E-state index contributed by atoms with van der Waals surface area (Å²) in [6.07, 6.45) is -7.13. The summed E-state index contributed by atoms with van der Waals surface area (Å²) in [6, 6.07) is 0. The molecule has 0 aliphatic carbocycles. The first-order valence-electron chi connectivity index (χ1n) is 9.08. The van der Waals surface area contributed by atoms with E-state index in [0.717, 1.165) is 12.2 Å². The molecule has 0 aromatic carbocycles. The van der Waals surface area contributed by atoms with Gasteiger partial charge in [-0.1, -0.05) is 0 Å². The predicted octanol–water partition coefficient (Wildman–Crippen LogP) is 5.60. The van der Waals surface area contributed by atoms with Crippen molar-refractivity contribution in [1.82, 2.24) is 0 Å². The van der Waals surface area contributed by atoms with Crippen molar-refractivity contribution in [2.24, 2.45) is 0 Å². The van der Waals surface area contributed by atoms with Crippen LogP contribution in [0.2, 0.25) is 0 Å². The molecule has 6 nitrogen and oxygen atoms in total. The van der Waals surface area contributed by atoms with Crippen molar-refractivity contribution in [3.05, 3.63) is 16.0 Å². The summed E-state index contributed by atoms with van der Waals surface area (Å²) in [4.78, 5) is 35.9. The van der Waals surface area contributed by atoms with Gasteiger partial charge in [-0.3, -0.25) is 4.79 Å². The molecular formula is C18H18F9NO5S. The minimum Gasteiger partial charge on any atom is -0.462 e. The summed E-state index contributed by atoms with van der Waals surface area (Å²) in [6.45, 7) is 6.38.